The molecule has 0 atom stereocenters. The molecule has 0 aliphatic heterocycles. The van der Waals surface area contributed by atoms with Crippen LogP contribution in [0.2, 0.25) is 0 Å². The molecule has 0 unspecified atom stereocenters. The molecule has 8 heteroatoms. The van der Waals surface area contributed by atoms with Gasteiger partial charge in [-0.25, -0.2) is 9.97 Å². The zero-order valence-corrected chi connectivity index (χ0v) is 8.83. The number of aromatic nitrogens is 2. The lowest BCUT2D eigenvalue weighted by Gasteiger charge is -2.20. The molecule has 0 amide bonds. The molecule has 1 heterocycles. The predicted molar refractivity (Wildman–Crippen MR) is 58.1 cm³/mol. The standard InChI is InChI=1S/C8H13N5O3/c1-2-12(3-4-14)8-6(13(15)16)7(9)10-5-11-8/h5,14H,2-4H2,1H3,(H2,9,10,11). The molecule has 0 bridgehead atoms. The van der Waals surface area contributed by atoms with E-state index in [0.29, 0.717) is 6.54 Å². The Morgan fingerprint density at radius 2 is 2.31 bits per heavy atom. The molecule has 1 aromatic rings. The molecule has 0 radical (unpaired) electrons. The average molecular weight is 227 g/mol. The third-order valence-electron chi connectivity index (χ3n) is 2.07. The van der Waals surface area contributed by atoms with Gasteiger partial charge < -0.3 is 15.7 Å². The zero-order chi connectivity index (χ0) is 12.1. The van der Waals surface area contributed by atoms with Crippen LogP contribution in [-0.2, 0) is 0 Å². The maximum atomic E-state index is 10.8. The van der Waals surface area contributed by atoms with Crippen molar-refractivity contribution in [2.75, 3.05) is 30.3 Å². The highest BCUT2D eigenvalue weighted by Crippen LogP contribution is 2.29. The van der Waals surface area contributed by atoms with Crippen LogP contribution in [-0.4, -0.2) is 39.7 Å². The monoisotopic (exact) mass is 227 g/mol. The highest BCUT2D eigenvalue weighted by Gasteiger charge is 2.24. The summed E-state index contributed by atoms with van der Waals surface area (Å²) < 4.78 is 0. The molecule has 88 valence electrons. The molecule has 16 heavy (non-hydrogen) atoms. The minimum absolute atomic E-state index is 0.116. The van der Waals surface area contributed by atoms with E-state index in [1.54, 1.807) is 11.8 Å². The number of nitrogens with two attached hydrogens (primary N) is 1. The van der Waals surface area contributed by atoms with E-state index in [1.807, 2.05) is 0 Å². The molecule has 0 aliphatic carbocycles. The average Bonchev–Trinajstić information content (AvgIpc) is 2.25. The van der Waals surface area contributed by atoms with Crippen molar-refractivity contribution >= 4 is 17.3 Å². The number of nitro groups is 1. The normalized spacial score (nSPS) is 10.1. The Bertz CT molecular complexity index is 384. The summed E-state index contributed by atoms with van der Waals surface area (Å²) in [7, 11) is 0. The SMILES string of the molecule is CCN(CCO)c1ncnc(N)c1[N+](=O)[O-]. The molecule has 1 rings (SSSR count). The number of nitrogen functional groups attached to an aromatic ring is 1. The van der Waals surface area contributed by atoms with Crippen LogP contribution in [0.3, 0.4) is 0 Å². The summed E-state index contributed by atoms with van der Waals surface area (Å²) in [6, 6.07) is 0. The first kappa shape index (κ1) is 12.1. The van der Waals surface area contributed by atoms with Crippen LogP contribution in [0, 0.1) is 10.1 Å². The Hall–Kier alpha value is -1.96. The van der Waals surface area contributed by atoms with Crippen LogP contribution in [0.25, 0.3) is 0 Å². The molecule has 0 saturated heterocycles. The fraction of sp³-hybridized carbons (Fsp3) is 0.500. The summed E-state index contributed by atoms with van der Waals surface area (Å²) in [5.41, 5.74) is 5.11. The number of likely N-dealkylation sites (N-methyl/N-ethyl adjacent to an activating group) is 1. The van der Waals surface area contributed by atoms with Gasteiger partial charge in [-0.1, -0.05) is 0 Å². The number of anilines is 2. The van der Waals surface area contributed by atoms with E-state index in [4.69, 9.17) is 10.8 Å². The minimum atomic E-state index is -0.620. The van der Waals surface area contributed by atoms with E-state index in [0.717, 1.165) is 6.33 Å². The van der Waals surface area contributed by atoms with Gasteiger partial charge in [-0.05, 0) is 6.92 Å². The van der Waals surface area contributed by atoms with Crippen LogP contribution >= 0.6 is 0 Å². The molecular weight excluding hydrogens is 214 g/mol. The molecule has 0 spiro atoms. The van der Waals surface area contributed by atoms with Gasteiger partial charge in [-0.2, -0.15) is 0 Å². The van der Waals surface area contributed by atoms with Gasteiger partial charge in [0, 0.05) is 13.1 Å². The van der Waals surface area contributed by atoms with E-state index in [1.165, 1.54) is 0 Å². The van der Waals surface area contributed by atoms with Gasteiger partial charge in [0.25, 0.3) is 0 Å². The molecular formula is C8H13N5O3. The van der Waals surface area contributed by atoms with Crippen LogP contribution in [0.1, 0.15) is 6.92 Å². The van der Waals surface area contributed by atoms with E-state index < -0.39 is 4.92 Å². The van der Waals surface area contributed by atoms with Gasteiger partial charge in [-0.3, -0.25) is 10.1 Å². The van der Waals surface area contributed by atoms with Crippen LogP contribution in [0.5, 0.6) is 0 Å². The van der Waals surface area contributed by atoms with Crippen LogP contribution < -0.4 is 10.6 Å². The van der Waals surface area contributed by atoms with Gasteiger partial charge in [0.2, 0.25) is 11.6 Å². The van der Waals surface area contributed by atoms with Crippen molar-refractivity contribution in [1.29, 1.82) is 0 Å². The fourth-order valence-corrected chi connectivity index (χ4v) is 1.32. The van der Waals surface area contributed by atoms with E-state index in [9.17, 15) is 10.1 Å². The third-order valence-corrected chi connectivity index (χ3v) is 2.07. The van der Waals surface area contributed by atoms with E-state index >= 15 is 0 Å². The first-order chi connectivity index (χ1) is 7.61. The quantitative estimate of drug-likeness (QED) is 0.527. The molecule has 3 N–H and O–H groups in total. The zero-order valence-electron chi connectivity index (χ0n) is 8.83. The van der Waals surface area contributed by atoms with Gasteiger partial charge in [0.05, 0.1) is 11.5 Å². The topological polar surface area (TPSA) is 118 Å². The van der Waals surface area contributed by atoms with Gasteiger partial charge in [0.15, 0.2) is 0 Å². The molecule has 0 aromatic carbocycles. The lowest BCUT2D eigenvalue weighted by Crippen LogP contribution is -2.28. The molecule has 0 aliphatic rings. The number of hydrogen-bond donors (Lipinski definition) is 2. The van der Waals surface area contributed by atoms with Crippen molar-refractivity contribution in [2.24, 2.45) is 0 Å². The molecule has 0 fully saturated rings. The molecule has 8 nitrogen and oxygen atoms in total. The second kappa shape index (κ2) is 5.21. The van der Waals surface area contributed by atoms with Crippen molar-refractivity contribution in [1.82, 2.24) is 9.97 Å². The van der Waals surface area contributed by atoms with Gasteiger partial charge in [-0.15, -0.1) is 0 Å². The van der Waals surface area contributed by atoms with Crippen LogP contribution in [0.15, 0.2) is 6.33 Å². The van der Waals surface area contributed by atoms with Crippen molar-refractivity contribution in [3.05, 3.63) is 16.4 Å². The third kappa shape index (κ3) is 2.34. The first-order valence-corrected chi connectivity index (χ1v) is 4.72. The Kier molecular flexibility index (Phi) is 3.95. The number of rotatable bonds is 5. The Morgan fingerprint density at radius 3 is 2.81 bits per heavy atom. The Balaban J connectivity index is 3.20. The number of hydrogen-bond acceptors (Lipinski definition) is 7. The maximum Gasteiger partial charge on any atom is 0.353 e. The summed E-state index contributed by atoms with van der Waals surface area (Å²) in [5, 5.41) is 19.7. The summed E-state index contributed by atoms with van der Waals surface area (Å²) >= 11 is 0. The molecule has 1 aromatic heterocycles. The summed E-state index contributed by atoms with van der Waals surface area (Å²) in [4.78, 5) is 19.2. The predicted octanol–water partition coefficient (Wildman–Crippen LogP) is -0.214. The summed E-state index contributed by atoms with van der Waals surface area (Å²) in [6.07, 6.45) is 1.16. The minimum Gasteiger partial charge on any atom is -0.395 e. The van der Waals surface area contributed by atoms with E-state index in [2.05, 4.69) is 9.97 Å². The van der Waals surface area contributed by atoms with Gasteiger partial charge in [0.1, 0.15) is 6.33 Å². The van der Waals surface area contributed by atoms with Crippen molar-refractivity contribution in [2.45, 2.75) is 6.92 Å². The largest absolute Gasteiger partial charge is 0.395 e. The van der Waals surface area contributed by atoms with Crippen LogP contribution in [0.4, 0.5) is 17.3 Å². The first-order valence-electron chi connectivity index (χ1n) is 4.72. The number of aliphatic hydroxyl groups excluding tert-OH is 1. The number of nitrogens with zero attached hydrogens (tertiary/aromatic N) is 4. The van der Waals surface area contributed by atoms with Crippen molar-refractivity contribution in [3.63, 3.8) is 0 Å². The van der Waals surface area contributed by atoms with Crippen molar-refractivity contribution < 1.29 is 10.0 Å². The highest BCUT2D eigenvalue weighted by atomic mass is 16.6. The van der Waals surface area contributed by atoms with Crippen molar-refractivity contribution in [3.8, 4) is 0 Å². The van der Waals surface area contributed by atoms with E-state index in [-0.39, 0.29) is 30.5 Å². The lowest BCUT2D eigenvalue weighted by atomic mass is 10.4. The number of aliphatic hydroxyl groups is 1. The highest BCUT2D eigenvalue weighted by molar-refractivity contribution is 5.68. The Morgan fingerprint density at radius 1 is 1.62 bits per heavy atom. The Labute approximate surface area is 91.9 Å². The second-order valence-electron chi connectivity index (χ2n) is 2.99. The summed E-state index contributed by atoms with van der Waals surface area (Å²) in [5.74, 6) is -0.0413. The fourth-order valence-electron chi connectivity index (χ4n) is 1.32. The second-order valence-corrected chi connectivity index (χ2v) is 2.99. The molecule has 0 saturated carbocycles. The van der Waals surface area contributed by atoms with Gasteiger partial charge >= 0.3 is 5.69 Å². The smallest absolute Gasteiger partial charge is 0.353 e. The summed E-state index contributed by atoms with van der Waals surface area (Å²) in [6.45, 7) is 2.43. The maximum absolute atomic E-state index is 10.8. The lowest BCUT2D eigenvalue weighted by molar-refractivity contribution is -0.383.